The van der Waals surface area contributed by atoms with Crippen molar-refractivity contribution in [3.8, 4) is 11.4 Å². The summed E-state index contributed by atoms with van der Waals surface area (Å²) in [5, 5.41) is 3.85. The minimum atomic E-state index is -4.57. The van der Waals surface area contributed by atoms with Gasteiger partial charge in [-0.15, -0.1) is 0 Å². The average molecular weight is 291 g/mol. The quantitative estimate of drug-likeness (QED) is 0.878. The molecule has 20 heavy (non-hydrogen) atoms. The van der Waals surface area contributed by atoms with Crippen molar-refractivity contribution in [2.75, 3.05) is 0 Å². The Balaban J connectivity index is 2.23. The third-order valence-electron chi connectivity index (χ3n) is 2.32. The molecule has 2 aromatic rings. The van der Waals surface area contributed by atoms with Crippen LogP contribution in [0.25, 0.3) is 5.69 Å². The van der Waals surface area contributed by atoms with Gasteiger partial charge in [-0.25, -0.2) is 4.79 Å². The van der Waals surface area contributed by atoms with Gasteiger partial charge in [0.25, 0.3) is 0 Å². The summed E-state index contributed by atoms with van der Waals surface area (Å²) in [6.45, 7) is 1.57. The van der Waals surface area contributed by atoms with Crippen LogP contribution >= 0.6 is 0 Å². The second kappa shape index (κ2) is 4.99. The maximum Gasteiger partial charge on any atom is 0.461 e. The molecule has 0 fully saturated rings. The van der Waals surface area contributed by atoms with E-state index in [-0.39, 0.29) is 5.69 Å². The maximum absolute atomic E-state index is 12.7. The molecule has 0 aliphatic rings. The van der Waals surface area contributed by atoms with Crippen molar-refractivity contribution in [2.24, 2.45) is 0 Å². The van der Waals surface area contributed by atoms with E-state index < -0.39 is 24.0 Å². The smallest absolute Gasteiger partial charge is 0.428 e. The number of nitrogens with zero attached hydrogens (tertiary/aromatic N) is 2. The summed E-state index contributed by atoms with van der Waals surface area (Å²) in [5.74, 6) is -0.0704. The lowest BCUT2D eigenvalue weighted by Crippen LogP contribution is -2.33. The van der Waals surface area contributed by atoms with Crippen LogP contribution in [0.4, 0.5) is 17.6 Å². The van der Waals surface area contributed by atoms with Gasteiger partial charge < -0.3 is 4.74 Å². The first-order valence-electron chi connectivity index (χ1n) is 5.41. The van der Waals surface area contributed by atoms with Gasteiger partial charge in [0.15, 0.2) is 0 Å². The fraction of sp³-hybridized carbons (Fsp3) is 0.273. The summed E-state index contributed by atoms with van der Waals surface area (Å²) in [7, 11) is 0. The Hall–Kier alpha value is -2.32. The number of H-pyrrole nitrogens is 1. The van der Waals surface area contributed by atoms with Gasteiger partial charge in [0.05, 0.1) is 5.69 Å². The minimum absolute atomic E-state index is 0.284. The number of alkyl halides is 4. The Bertz CT molecular complexity index is 648. The van der Waals surface area contributed by atoms with Crippen LogP contribution in [0.3, 0.4) is 0 Å². The second-order valence-corrected chi connectivity index (χ2v) is 3.89. The molecular formula is C11H9F4N3O2. The summed E-state index contributed by atoms with van der Waals surface area (Å²) in [6, 6.07) is 4.58. The normalized spacial score (nSPS) is 11.9. The van der Waals surface area contributed by atoms with E-state index in [1.165, 1.54) is 12.1 Å². The van der Waals surface area contributed by atoms with Crippen molar-refractivity contribution in [2.45, 2.75) is 19.5 Å². The highest BCUT2D eigenvalue weighted by molar-refractivity contribution is 5.36. The van der Waals surface area contributed by atoms with E-state index >= 15 is 0 Å². The lowest BCUT2D eigenvalue weighted by Gasteiger charge is -2.16. The fourth-order valence-electron chi connectivity index (χ4n) is 1.46. The molecule has 1 N–H and O–H groups in total. The molecule has 5 nitrogen and oxygen atoms in total. The first kappa shape index (κ1) is 14.1. The molecule has 0 amide bonds. The molecular weight excluding hydrogens is 282 g/mol. The highest BCUT2D eigenvalue weighted by Gasteiger charge is 2.43. The molecule has 1 aromatic heterocycles. The predicted octanol–water partition coefficient (Wildman–Crippen LogP) is 2.11. The van der Waals surface area contributed by atoms with Gasteiger partial charge in [-0.05, 0) is 31.2 Å². The number of halogens is 4. The average Bonchev–Trinajstić information content (AvgIpc) is 2.69. The van der Waals surface area contributed by atoms with E-state index in [2.05, 4.69) is 14.8 Å². The van der Waals surface area contributed by atoms with Gasteiger partial charge in [0, 0.05) is 0 Å². The molecule has 0 spiro atoms. The SMILES string of the molecule is Cc1nn(-c2ccc(OC(F)(F)C(F)F)cc2)c(=O)[nH]1. The first-order chi connectivity index (χ1) is 9.29. The van der Waals surface area contributed by atoms with Crippen LogP contribution in [0.5, 0.6) is 5.75 Å². The van der Waals surface area contributed by atoms with E-state index in [0.717, 1.165) is 16.8 Å². The number of ether oxygens (including phenoxy) is 1. The van der Waals surface area contributed by atoms with Crippen molar-refractivity contribution in [1.82, 2.24) is 14.8 Å². The molecule has 9 heteroatoms. The lowest BCUT2D eigenvalue weighted by molar-refractivity contribution is -0.253. The maximum atomic E-state index is 12.7. The molecule has 0 aliphatic heterocycles. The molecule has 0 atom stereocenters. The van der Waals surface area contributed by atoms with Crippen LogP contribution in [0.2, 0.25) is 0 Å². The number of hydrogen-bond donors (Lipinski definition) is 1. The van der Waals surface area contributed by atoms with Gasteiger partial charge in [-0.3, -0.25) is 4.98 Å². The summed E-state index contributed by atoms with van der Waals surface area (Å²) >= 11 is 0. The molecule has 0 saturated carbocycles. The Morgan fingerprint density at radius 3 is 2.35 bits per heavy atom. The highest BCUT2D eigenvalue weighted by atomic mass is 19.3. The molecule has 0 unspecified atom stereocenters. The third kappa shape index (κ3) is 2.81. The van der Waals surface area contributed by atoms with Crippen LogP contribution in [0.15, 0.2) is 29.1 Å². The fourth-order valence-corrected chi connectivity index (χ4v) is 1.46. The van der Waals surface area contributed by atoms with Crippen LogP contribution in [0, 0.1) is 6.92 Å². The molecule has 1 heterocycles. The third-order valence-corrected chi connectivity index (χ3v) is 2.32. The molecule has 0 radical (unpaired) electrons. The second-order valence-electron chi connectivity index (χ2n) is 3.89. The number of hydrogen-bond acceptors (Lipinski definition) is 3. The van der Waals surface area contributed by atoms with Crippen LogP contribution < -0.4 is 10.4 Å². The van der Waals surface area contributed by atoms with Crippen LogP contribution in [-0.2, 0) is 0 Å². The lowest BCUT2D eigenvalue weighted by atomic mass is 10.3. The zero-order valence-corrected chi connectivity index (χ0v) is 10.1. The molecule has 0 saturated heterocycles. The Kier molecular flexibility index (Phi) is 3.51. The van der Waals surface area contributed by atoms with Crippen molar-refractivity contribution >= 4 is 0 Å². The monoisotopic (exact) mass is 291 g/mol. The Morgan fingerprint density at radius 2 is 1.90 bits per heavy atom. The largest absolute Gasteiger partial charge is 0.461 e. The molecule has 0 bridgehead atoms. The number of aromatic amines is 1. The number of nitrogens with one attached hydrogen (secondary N) is 1. The zero-order valence-electron chi connectivity index (χ0n) is 10.1. The van der Waals surface area contributed by atoms with Gasteiger partial charge >= 0.3 is 18.2 Å². The molecule has 0 aliphatic carbocycles. The molecule has 1 aromatic carbocycles. The highest BCUT2D eigenvalue weighted by Crippen LogP contribution is 2.27. The summed E-state index contributed by atoms with van der Waals surface area (Å²) in [5.41, 5.74) is -0.221. The van der Waals surface area contributed by atoms with Crippen molar-refractivity contribution < 1.29 is 22.3 Å². The minimum Gasteiger partial charge on any atom is -0.428 e. The van der Waals surface area contributed by atoms with E-state index in [0.29, 0.717) is 5.82 Å². The van der Waals surface area contributed by atoms with Gasteiger partial charge in [0.2, 0.25) is 0 Å². The van der Waals surface area contributed by atoms with Crippen LogP contribution in [-0.4, -0.2) is 27.3 Å². The van der Waals surface area contributed by atoms with Gasteiger partial charge in [-0.2, -0.15) is 27.3 Å². The summed E-state index contributed by atoms with van der Waals surface area (Å²) in [4.78, 5) is 13.9. The number of rotatable bonds is 4. The van der Waals surface area contributed by atoms with Crippen molar-refractivity contribution in [3.63, 3.8) is 0 Å². The zero-order chi connectivity index (χ0) is 14.9. The van der Waals surface area contributed by atoms with E-state index in [1.807, 2.05) is 0 Å². The van der Waals surface area contributed by atoms with Gasteiger partial charge in [-0.1, -0.05) is 0 Å². The number of aryl methyl sites for hydroxylation is 1. The molecule has 2 rings (SSSR count). The Morgan fingerprint density at radius 1 is 1.30 bits per heavy atom. The predicted molar refractivity (Wildman–Crippen MR) is 60.5 cm³/mol. The Labute approximate surface area is 109 Å². The number of benzene rings is 1. The van der Waals surface area contributed by atoms with Crippen molar-refractivity contribution in [1.29, 1.82) is 0 Å². The molecule has 108 valence electrons. The summed E-state index contributed by atoms with van der Waals surface area (Å²) < 4.78 is 54.2. The van der Waals surface area contributed by atoms with E-state index in [4.69, 9.17) is 0 Å². The standard InChI is InChI=1S/C11H9F4N3O2/c1-6-16-10(19)18(17-6)7-2-4-8(5-3-7)20-11(14,15)9(12)13/h2-5,9H,1H3,(H,16,17,19). The van der Waals surface area contributed by atoms with Gasteiger partial charge in [0.1, 0.15) is 11.6 Å². The van der Waals surface area contributed by atoms with E-state index in [9.17, 15) is 22.4 Å². The van der Waals surface area contributed by atoms with E-state index in [1.54, 1.807) is 6.92 Å². The first-order valence-corrected chi connectivity index (χ1v) is 5.41. The number of aromatic nitrogens is 3. The topological polar surface area (TPSA) is 59.9 Å². The van der Waals surface area contributed by atoms with Crippen molar-refractivity contribution in [3.05, 3.63) is 40.6 Å². The summed E-state index contributed by atoms with van der Waals surface area (Å²) in [6.07, 6.45) is -8.50. The van der Waals surface area contributed by atoms with Crippen LogP contribution in [0.1, 0.15) is 5.82 Å².